The molecule has 2 aliphatic heterocycles. The molecule has 0 spiro atoms. The fourth-order valence-corrected chi connectivity index (χ4v) is 3.78. The number of amides is 1. The Morgan fingerprint density at radius 3 is 2.47 bits per heavy atom. The minimum absolute atomic E-state index is 0. The standard InChI is InChI=1S/C22H35N5O2.HI/c1-2-23-22(24-10-9-21(28)27-11-5-6-12-27)25-17-19-7-3-4-8-20(19)18-26-13-15-29-16-14-26;/h3-4,7-8H,2,5-6,9-18H2,1H3,(H2,23,24,25);1H. The highest BCUT2D eigenvalue weighted by Gasteiger charge is 2.17. The van der Waals surface area contributed by atoms with Crippen molar-refractivity contribution in [2.24, 2.45) is 4.99 Å². The van der Waals surface area contributed by atoms with E-state index >= 15 is 0 Å². The minimum Gasteiger partial charge on any atom is -0.379 e. The van der Waals surface area contributed by atoms with Crippen LogP contribution in [0.25, 0.3) is 0 Å². The molecule has 1 amide bonds. The molecule has 2 N–H and O–H groups in total. The van der Waals surface area contributed by atoms with Crippen molar-refractivity contribution in [1.29, 1.82) is 0 Å². The van der Waals surface area contributed by atoms with Crippen LogP contribution in [0.5, 0.6) is 0 Å². The molecule has 1 aromatic carbocycles. The second-order valence-electron chi connectivity index (χ2n) is 7.62. The SMILES string of the molecule is CCNC(=NCc1ccccc1CN1CCOCC1)NCCC(=O)N1CCCC1.I. The van der Waals surface area contributed by atoms with Crippen LogP contribution in [-0.4, -0.2) is 74.1 Å². The van der Waals surface area contributed by atoms with E-state index in [4.69, 9.17) is 9.73 Å². The van der Waals surface area contributed by atoms with E-state index in [1.807, 2.05) is 4.90 Å². The summed E-state index contributed by atoms with van der Waals surface area (Å²) in [5, 5.41) is 6.59. The first-order valence-corrected chi connectivity index (χ1v) is 10.9. The highest BCUT2D eigenvalue weighted by molar-refractivity contribution is 14.0. The number of carbonyl (C=O) groups is 1. The molecular formula is C22H36IN5O2. The summed E-state index contributed by atoms with van der Waals surface area (Å²) in [4.78, 5) is 21.4. The summed E-state index contributed by atoms with van der Waals surface area (Å²) in [6, 6.07) is 8.51. The van der Waals surface area contributed by atoms with Crippen molar-refractivity contribution in [2.75, 3.05) is 52.5 Å². The average Bonchev–Trinajstić information content (AvgIpc) is 3.29. The Balaban J connectivity index is 0.00000320. The highest BCUT2D eigenvalue weighted by atomic mass is 127. The fourth-order valence-electron chi connectivity index (χ4n) is 3.78. The van der Waals surface area contributed by atoms with Crippen molar-refractivity contribution in [3.63, 3.8) is 0 Å². The summed E-state index contributed by atoms with van der Waals surface area (Å²) < 4.78 is 5.45. The fraction of sp³-hybridized carbons (Fsp3) is 0.636. The van der Waals surface area contributed by atoms with Crippen LogP contribution in [-0.2, 0) is 22.6 Å². The van der Waals surface area contributed by atoms with Crippen molar-refractivity contribution in [2.45, 2.75) is 39.3 Å². The molecular weight excluding hydrogens is 493 g/mol. The zero-order valence-corrected chi connectivity index (χ0v) is 20.4. The van der Waals surface area contributed by atoms with Gasteiger partial charge in [0.15, 0.2) is 5.96 Å². The first kappa shape index (κ1) is 24.9. The average molecular weight is 529 g/mol. The predicted molar refractivity (Wildman–Crippen MR) is 131 cm³/mol. The van der Waals surface area contributed by atoms with Crippen LogP contribution in [0.15, 0.2) is 29.3 Å². The molecule has 30 heavy (non-hydrogen) atoms. The van der Waals surface area contributed by atoms with Crippen LogP contribution < -0.4 is 10.6 Å². The molecule has 0 saturated carbocycles. The zero-order valence-electron chi connectivity index (χ0n) is 18.1. The van der Waals surface area contributed by atoms with Gasteiger partial charge in [0.1, 0.15) is 0 Å². The van der Waals surface area contributed by atoms with Gasteiger partial charge < -0.3 is 20.3 Å². The highest BCUT2D eigenvalue weighted by Crippen LogP contribution is 2.14. The van der Waals surface area contributed by atoms with Gasteiger partial charge in [0.2, 0.25) is 5.91 Å². The van der Waals surface area contributed by atoms with Gasteiger partial charge >= 0.3 is 0 Å². The van der Waals surface area contributed by atoms with E-state index in [0.29, 0.717) is 19.5 Å². The number of carbonyl (C=O) groups excluding carboxylic acids is 1. The summed E-state index contributed by atoms with van der Waals surface area (Å²) in [6.07, 6.45) is 2.78. The lowest BCUT2D eigenvalue weighted by atomic mass is 10.1. The van der Waals surface area contributed by atoms with Crippen LogP contribution >= 0.6 is 24.0 Å². The van der Waals surface area contributed by atoms with E-state index in [-0.39, 0.29) is 29.9 Å². The number of hydrogen-bond donors (Lipinski definition) is 2. The number of ether oxygens (including phenoxy) is 1. The van der Waals surface area contributed by atoms with E-state index in [9.17, 15) is 4.79 Å². The summed E-state index contributed by atoms with van der Waals surface area (Å²) >= 11 is 0. The molecule has 168 valence electrons. The number of rotatable bonds is 8. The summed E-state index contributed by atoms with van der Waals surface area (Å²) in [7, 11) is 0. The number of benzene rings is 1. The van der Waals surface area contributed by atoms with Gasteiger partial charge in [-0.05, 0) is 30.9 Å². The van der Waals surface area contributed by atoms with Gasteiger partial charge in [0, 0.05) is 52.2 Å². The maximum atomic E-state index is 12.2. The van der Waals surface area contributed by atoms with E-state index < -0.39 is 0 Å². The minimum atomic E-state index is 0. The van der Waals surface area contributed by atoms with Gasteiger partial charge in [-0.2, -0.15) is 0 Å². The van der Waals surface area contributed by atoms with Crippen molar-refractivity contribution in [3.8, 4) is 0 Å². The van der Waals surface area contributed by atoms with Gasteiger partial charge in [0.05, 0.1) is 19.8 Å². The maximum Gasteiger partial charge on any atom is 0.224 e. The van der Waals surface area contributed by atoms with Crippen LogP contribution in [0.2, 0.25) is 0 Å². The number of guanidine groups is 1. The normalized spacial score (nSPS) is 17.5. The zero-order chi connectivity index (χ0) is 20.3. The molecule has 0 unspecified atom stereocenters. The number of hydrogen-bond acceptors (Lipinski definition) is 4. The Hall–Kier alpha value is -1.39. The number of aliphatic imine (C=N–C) groups is 1. The van der Waals surface area contributed by atoms with E-state index in [1.54, 1.807) is 0 Å². The molecule has 2 fully saturated rings. The van der Waals surface area contributed by atoms with Crippen molar-refractivity contribution >= 4 is 35.8 Å². The quantitative estimate of drug-likeness (QED) is 0.307. The first-order chi connectivity index (χ1) is 14.3. The van der Waals surface area contributed by atoms with Crippen LogP contribution in [0.3, 0.4) is 0 Å². The second-order valence-corrected chi connectivity index (χ2v) is 7.62. The molecule has 0 bridgehead atoms. The van der Waals surface area contributed by atoms with Crippen LogP contribution in [0.4, 0.5) is 0 Å². The molecule has 0 aromatic heterocycles. The Kier molecular flexibility index (Phi) is 11.5. The number of halogens is 1. The van der Waals surface area contributed by atoms with Gasteiger partial charge in [-0.15, -0.1) is 24.0 Å². The Labute approximate surface area is 197 Å². The largest absolute Gasteiger partial charge is 0.379 e. The number of nitrogens with one attached hydrogen (secondary N) is 2. The third kappa shape index (κ3) is 8.03. The monoisotopic (exact) mass is 529 g/mol. The van der Waals surface area contributed by atoms with Crippen LogP contribution in [0, 0.1) is 0 Å². The first-order valence-electron chi connectivity index (χ1n) is 10.9. The number of nitrogens with zero attached hydrogens (tertiary/aromatic N) is 3. The Bertz CT molecular complexity index is 673. The predicted octanol–water partition coefficient (Wildman–Crippen LogP) is 2.20. The van der Waals surface area contributed by atoms with E-state index in [1.165, 1.54) is 11.1 Å². The molecule has 0 aliphatic carbocycles. The van der Waals surface area contributed by atoms with Crippen molar-refractivity contribution < 1.29 is 9.53 Å². The number of morpholine rings is 1. The summed E-state index contributed by atoms with van der Waals surface area (Å²) in [5.41, 5.74) is 2.56. The third-order valence-corrected chi connectivity index (χ3v) is 5.46. The lowest BCUT2D eigenvalue weighted by molar-refractivity contribution is -0.129. The molecule has 3 rings (SSSR count). The molecule has 0 radical (unpaired) electrons. The Morgan fingerprint density at radius 2 is 1.77 bits per heavy atom. The molecule has 8 heteroatoms. The van der Waals surface area contributed by atoms with Gasteiger partial charge in [0.25, 0.3) is 0 Å². The third-order valence-electron chi connectivity index (χ3n) is 5.46. The van der Waals surface area contributed by atoms with Gasteiger partial charge in [-0.3, -0.25) is 9.69 Å². The van der Waals surface area contributed by atoms with Gasteiger partial charge in [-0.1, -0.05) is 24.3 Å². The topological polar surface area (TPSA) is 69.2 Å². The summed E-state index contributed by atoms with van der Waals surface area (Å²) in [5.74, 6) is 1.00. The molecule has 1 aromatic rings. The Morgan fingerprint density at radius 1 is 1.07 bits per heavy atom. The molecule has 2 saturated heterocycles. The second kappa shape index (κ2) is 13.8. The van der Waals surface area contributed by atoms with Crippen LogP contribution in [0.1, 0.15) is 37.3 Å². The lowest BCUT2D eigenvalue weighted by Gasteiger charge is -2.27. The smallest absolute Gasteiger partial charge is 0.224 e. The maximum absolute atomic E-state index is 12.2. The molecule has 0 atom stereocenters. The van der Waals surface area contributed by atoms with Gasteiger partial charge in [-0.25, -0.2) is 4.99 Å². The molecule has 2 aliphatic rings. The molecule has 7 nitrogen and oxygen atoms in total. The van der Waals surface area contributed by atoms with Crippen molar-refractivity contribution in [3.05, 3.63) is 35.4 Å². The lowest BCUT2D eigenvalue weighted by Crippen LogP contribution is -2.39. The summed E-state index contributed by atoms with van der Waals surface area (Å²) in [6.45, 7) is 10.4. The number of likely N-dealkylation sites (tertiary alicyclic amines) is 1. The van der Waals surface area contributed by atoms with E-state index in [0.717, 1.165) is 71.3 Å². The van der Waals surface area contributed by atoms with E-state index in [2.05, 4.69) is 46.7 Å². The molecule has 2 heterocycles. The van der Waals surface area contributed by atoms with Crippen molar-refractivity contribution in [1.82, 2.24) is 20.4 Å².